The van der Waals surface area contributed by atoms with Gasteiger partial charge in [0, 0.05) is 40.8 Å². The molecule has 1 aromatic carbocycles. The summed E-state index contributed by atoms with van der Waals surface area (Å²) in [6.45, 7) is 7.28. The number of halogens is 1. The molecule has 1 saturated heterocycles. The molecular formula is C13H19ClN2S. The van der Waals surface area contributed by atoms with E-state index in [0.29, 0.717) is 11.3 Å². The van der Waals surface area contributed by atoms with Gasteiger partial charge in [-0.05, 0) is 37.6 Å². The van der Waals surface area contributed by atoms with Gasteiger partial charge in [0.2, 0.25) is 0 Å². The predicted octanol–water partition coefficient (Wildman–Crippen LogP) is 3.13. The smallest absolute Gasteiger partial charge is 0.0413 e. The van der Waals surface area contributed by atoms with Gasteiger partial charge >= 0.3 is 0 Å². The maximum atomic E-state index is 6.01. The first-order valence-corrected chi connectivity index (χ1v) is 7.25. The fraction of sp³-hybridized carbons (Fsp3) is 0.538. The van der Waals surface area contributed by atoms with Gasteiger partial charge in [0.05, 0.1) is 0 Å². The van der Waals surface area contributed by atoms with Gasteiger partial charge in [0.25, 0.3) is 0 Å². The van der Waals surface area contributed by atoms with Crippen LogP contribution in [0.2, 0.25) is 5.02 Å². The van der Waals surface area contributed by atoms with Crippen molar-refractivity contribution >= 4 is 29.1 Å². The molecule has 1 fully saturated rings. The Hall–Kier alpha value is -0.380. The van der Waals surface area contributed by atoms with Crippen LogP contribution in [-0.2, 0) is 6.54 Å². The molecule has 0 amide bonds. The Morgan fingerprint density at radius 1 is 1.47 bits per heavy atom. The molecule has 0 unspecified atom stereocenters. The van der Waals surface area contributed by atoms with E-state index >= 15 is 0 Å². The highest BCUT2D eigenvalue weighted by molar-refractivity contribution is 8.00. The molecule has 1 heterocycles. The van der Waals surface area contributed by atoms with Gasteiger partial charge in [-0.15, -0.1) is 0 Å². The predicted molar refractivity (Wildman–Crippen MR) is 78.1 cm³/mol. The van der Waals surface area contributed by atoms with Crippen molar-refractivity contribution in [2.45, 2.75) is 25.1 Å². The Morgan fingerprint density at radius 2 is 2.24 bits per heavy atom. The summed E-state index contributed by atoms with van der Waals surface area (Å²) in [6, 6.07) is 6.02. The summed E-state index contributed by atoms with van der Waals surface area (Å²) in [5.41, 5.74) is 8.18. The highest BCUT2D eigenvalue weighted by atomic mass is 35.5. The Bertz CT molecular complexity index is 406. The molecule has 1 aliphatic rings. The van der Waals surface area contributed by atoms with Crippen molar-refractivity contribution < 1.29 is 0 Å². The summed E-state index contributed by atoms with van der Waals surface area (Å²) in [5, 5.41) is 0.764. The standard InChI is InChI=1S/C13H19ClN2S/c1-13(2)9-16(5-6-17-13)12-4-3-11(14)7-10(12)8-15/h3-4,7H,5-6,8-9,15H2,1-2H3. The average molecular weight is 271 g/mol. The summed E-state index contributed by atoms with van der Waals surface area (Å²) in [5.74, 6) is 1.17. The summed E-state index contributed by atoms with van der Waals surface area (Å²) in [4.78, 5) is 2.43. The molecule has 4 heteroatoms. The summed E-state index contributed by atoms with van der Waals surface area (Å²) in [6.07, 6.45) is 0. The molecule has 1 aliphatic heterocycles. The van der Waals surface area contributed by atoms with Crippen LogP contribution >= 0.6 is 23.4 Å². The highest BCUT2D eigenvalue weighted by Gasteiger charge is 2.27. The lowest BCUT2D eigenvalue weighted by Gasteiger charge is -2.39. The largest absolute Gasteiger partial charge is 0.369 e. The van der Waals surface area contributed by atoms with E-state index in [1.54, 1.807) is 0 Å². The molecule has 0 aliphatic carbocycles. The van der Waals surface area contributed by atoms with Gasteiger partial charge in [-0.3, -0.25) is 0 Å². The van der Waals surface area contributed by atoms with Crippen LogP contribution in [-0.4, -0.2) is 23.6 Å². The average Bonchev–Trinajstić information content (AvgIpc) is 2.27. The fourth-order valence-corrected chi connectivity index (χ4v) is 3.55. The summed E-state index contributed by atoms with van der Waals surface area (Å²) in [7, 11) is 0. The van der Waals surface area contributed by atoms with Crippen molar-refractivity contribution in [2.24, 2.45) is 5.73 Å². The molecule has 0 saturated carbocycles. The molecule has 0 bridgehead atoms. The van der Waals surface area contributed by atoms with Crippen molar-refractivity contribution in [2.75, 3.05) is 23.7 Å². The Labute approximate surface area is 113 Å². The minimum Gasteiger partial charge on any atom is -0.369 e. The quantitative estimate of drug-likeness (QED) is 0.895. The van der Waals surface area contributed by atoms with Gasteiger partial charge in [0.15, 0.2) is 0 Å². The first-order chi connectivity index (χ1) is 8.02. The fourth-order valence-electron chi connectivity index (χ4n) is 2.25. The Morgan fingerprint density at radius 3 is 2.88 bits per heavy atom. The Kier molecular flexibility index (Phi) is 3.91. The number of anilines is 1. The van der Waals surface area contributed by atoms with Gasteiger partial charge in [-0.25, -0.2) is 0 Å². The molecule has 0 atom stereocenters. The van der Waals surface area contributed by atoms with Crippen molar-refractivity contribution in [3.8, 4) is 0 Å². The third-order valence-electron chi connectivity index (χ3n) is 3.03. The lowest BCUT2D eigenvalue weighted by Crippen LogP contribution is -2.43. The first-order valence-electron chi connectivity index (χ1n) is 5.89. The Balaban J connectivity index is 2.27. The highest BCUT2D eigenvalue weighted by Crippen LogP contribution is 2.34. The number of hydrogen-bond acceptors (Lipinski definition) is 3. The molecule has 17 heavy (non-hydrogen) atoms. The van der Waals surface area contributed by atoms with Gasteiger partial charge < -0.3 is 10.6 Å². The van der Waals surface area contributed by atoms with Crippen LogP contribution < -0.4 is 10.6 Å². The zero-order valence-corrected chi connectivity index (χ0v) is 11.9. The number of benzene rings is 1. The van der Waals surface area contributed by atoms with Crippen molar-refractivity contribution in [3.63, 3.8) is 0 Å². The van der Waals surface area contributed by atoms with Crippen LogP contribution in [0.5, 0.6) is 0 Å². The van der Waals surface area contributed by atoms with Gasteiger partial charge in [0.1, 0.15) is 0 Å². The normalized spacial score (nSPS) is 19.4. The van der Waals surface area contributed by atoms with E-state index in [2.05, 4.69) is 24.8 Å². The molecule has 0 aromatic heterocycles. The lowest BCUT2D eigenvalue weighted by molar-refractivity contribution is 0.645. The van der Waals surface area contributed by atoms with Crippen LogP contribution in [0, 0.1) is 0 Å². The number of nitrogens with zero attached hydrogens (tertiary/aromatic N) is 1. The van der Waals surface area contributed by atoms with E-state index in [0.717, 1.165) is 23.7 Å². The van der Waals surface area contributed by atoms with Gasteiger partial charge in [-0.1, -0.05) is 11.6 Å². The van der Waals surface area contributed by atoms with Crippen molar-refractivity contribution in [3.05, 3.63) is 28.8 Å². The van der Waals surface area contributed by atoms with Crippen LogP contribution in [0.4, 0.5) is 5.69 Å². The van der Waals surface area contributed by atoms with E-state index < -0.39 is 0 Å². The molecule has 2 rings (SSSR count). The SMILES string of the molecule is CC1(C)CN(c2ccc(Cl)cc2CN)CCS1. The molecule has 94 valence electrons. The van der Waals surface area contributed by atoms with Crippen LogP contribution in [0.3, 0.4) is 0 Å². The van der Waals surface area contributed by atoms with E-state index in [4.69, 9.17) is 17.3 Å². The van der Waals surface area contributed by atoms with E-state index in [9.17, 15) is 0 Å². The maximum Gasteiger partial charge on any atom is 0.0413 e. The lowest BCUT2D eigenvalue weighted by atomic mass is 10.1. The summed E-state index contributed by atoms with van der Waals surface area (Å²) < 4.78 is 0.309. The third kappa shape index (κ3) is 3.09. The minimum absolute atomic E-state index is 0.309. The van der Waals surface area contributed by atoms with Crippen LogP contribution in [0.1, 0.15) is 19.4 Å². The first kappa shape index (κ1) is 13.1. The van der Waals surface area contributed by atoms with Crippen LogP contribution in [0.15, 0.2) is 18.2 Å². The second kappa shape index (κ2) is 5.09. The molecular weight excluding hydrogens is 252 g/mol. The number of nitrogens with two attached hydrogens (primary N) is 1. The molecule has 1 aromatic rings. The van der Waals surface area contributed by atoms with E-state index in [1.807, 2.05) is 23.9 Å². The second-order valence-electron chi connectivity index (χ2n) is 5.01. The molecule has 2 nitrogen and oxygen atoms in total. The zero-order chi connectivity index (χ0) is 12.5. The monoisotopic (exact) mass is 270 g/mol. The molecule has 0 radical (unpaired) electrons. The van der Waals surface area contributed by atoms with Crippen molar-refractivity contribution in [1.29, 1.82) is 0 Å². The van der Waals surface area contributed by atoms with Crippen molar-refractivity contribution in [1.82, 2.24) is 0 Å². The van der Waals surface area contributed by atoms with Crippen LogP contribution in [0.25, 0.3) is 0 Å². The van der Waals surface area contributed by atoms with Gasteiger partial charge in [-0.2, -0.15) is 11.8 Å². The number of hydrogen-bond donors (Lipinski definition) is 1. The zero-order valence-electron chi connectivity index (χ0n) is 10.4. The molecule has 0 spiro atoms. The molecule has 2 N–H and O–H groups in total. The second-order valence-corrected chi connectivity index (χ2v) is 7.25. The third-order valence-corrected chi connectivity index (χ3v) is 4.56. The number of thioether (sulfide) groups is 1. The van der Waals surface area contributed by atoms with E-state index in [1.165, 1.54) is 11.4 Å². The minimum atomic E-state index is 0.309. The van der Waals surface area contributed by atoms with E-state index in [-0.39, 0.29) is 0 Å². The topological polar surface area (TPSA) is 29.3 Å². The maximum absolute atomic E-state index is 6.01. The summed E-state index contributed by atoms with van der Waals surface area (Å²) >= 11 is 8.05. The number of rotatable bonds is 2.